The Morgan fingerprint density at radius 3 is 2.60 bits per heavy atom. The van der Waals surface area contributed by atoms with Gasteiger partial charge in [0.05, 0.1) is 20.3 Å². The summed E-state index contributed by atoms with van der Waals surface area (Å²) < 4.78 is 7.79. The van der Waals surface area contributed by atoms with Gasteiger partial charge >= 0.3 is 11.1 Å². The second kappa shape index (κ2) is 5.75. The van der Waals surface area contributed by atoms with Gasteiger partial charge in [-0.1, -0.05) is 6.07 Å². The molecule has 0 fully saturated rings. The van der Waals surface area contributed by atoms with Gasteiger partial charge in [0, 0.05) is 25.0 Å². The van der Waals surface area contributed by atoms with E-state index in [-0.39, 0.29) is 13.2 Å². The molecule has 0 radical (unpaired) electrons. The lowest BCUT2D eigenvalue weighted by Gasteiger charge is -2.12. The highest BCUT2D eigenvalue weighted by molar-refractivity contribution is 5.37. The van der Waals surface area contributed by atoms with Crippen molar-refractivity contribution in [1.29, 1.82) is 0 Å². The van der Waals surface area contributed by atoms with Crippen molar-refractivity contribution >= 4 is 0 Å². The van der Waals surface area contributed by atoms with Gasteiger partial charge in [0.2, 0.25) is 0 Å². The molecule has 0 aliphatic heterocycles. The standard InChI is InChI=1S/C14H16N2O4/c1-15-5-6-16(14(19)13(15)18)8-11-7-10(9-17)3-4-12(11)20-2/h3-7,17H,8-9H2,1-2H3. The molecule has 106 valence electrons. The van der Waals surface area contributed by atoms with Crippen molar-refractivity contribution in [1.82, 2.24) is 9.13 Å². The van der Waals surface area contributed by atoms with Crippen LogP contribution in [0, 0.1) is 0 Å². The molecule has 6 nitrogen and oxygen atoms in total. The highest BCUT2D eigenvalue weighted by atomic mass is 16.5. The van der Waals surface area contributed by atoms with E-state index in [4.69, 9.17) is 9.84 Å². The van der Waals surface area contributed by atoms with Crippen molar-refractivity contribution < 1.29 is 9.84 Å². The summed E-state index contributed by atoms with van der Waals surface area (Å²) in [6.07, 6.45) is 3.08. The molecule has 6 heteroatoms. The largest absolute Gasteiger partial charge is 0.496 e. The number of nitrogens with zero attached hydrogens (tertiary/aromatic N) is 2. The maximum Gasteiger partial charge on any atom is 0.316 e. The van der Waals surface area contributed by atoms with Crippen LogP contribution in [-0.2, 0) is 20.2 Å². The molecule has 2 rings (SSSR count). The lowest BCUT2D eigenvalue weighted by atomic mass is 10.1. The summed E-state index contributed by atoms with van der Waals surface area (Å²) in [7, 11) is 3.06. The number of aromatic nitrogens is 2. The van der Waals surface area contributed by atoms with E-state index < -0.39 is 11.1 Å². The number of aliphatic hydroxyl groups is 1. The van der Waals surface area contributed by atoms with Crippen LogP contribution in [0.3, 0.4) is 0 Å². The van der Waals surface area contributed by atoms with Gasteiger partial charge in [0.15, 0.2) is 0 Å². The van der Waals surface area contributed by atoms with Crippen LogP contribution in [0.5, 0.6) is 5.75 Å². The van der Waals surface area contributed by atoms with Gasteiger partial charge in [-0.25, -0.2) is 0 Å². The van der Waals surface area contributed by atoms with E-state index in [1.807, 2.05) is 0 Å². The summed E-state index contributed by atoms with van der Waals surface area (Å²) in [5.74, 6) is 0.606. The first-order valence-electron chi connectivity index (χ1n) is 6.09. The molecule has 0 saturated carbocycles. The molecule has 0 unspecified atom stereocenters. The molecule has 0 atom stereocenters. The Bertz CT molecular complexity index is 731. The Morgan fingerprint density at radius 1 is 1.20 bits per heavy atom. The van der Waals surface area contributed by atoms with Crippen LogP contribution >= 0.6 is 0 Å². The monoisotopic (exact) mass is 276 g/mol. The Balaban J connectivity index is 2.47. The SMILES string of the molecule is COc1ccc(CO)cc1Cn1ccn(C)c(=O)c1=O. The molecule has 1 aromatic carbocycles. The quantitative estimate of drug-likeness (QED) is 0.804. The molecule has 2 aromatic rings. The zero-order valence-corrected chi connectivity index (χ0v) is 11.4. The molecule has 0 spiro atoms. The minimum atomic E-state index is -0.591. The van der Waals surface area contributed by atoms with Crippen LogP contribution < -0.4 is 15.9 Å². The first-order valence-corrected chi connectivity index (χ1v) is 6.09. The minimum absolute atomic E-state index is 0.0948. The van der Waals surface area contributed by atoms with E-state index in [1.54, 1.807) is 24.4 Å². The Kier molecular flexibility index (Phi) is 4.05. The Labute approximate surface area is 115 Å². The van der Waals surface area contributed by atoms with Crippen LogP contribution in [0.25, 0.3) is 0 Å². The number of hydrogen-bond donors (Lipinski definition) is 1. The maximum absolute atomic E-state index is 11.9. The second-order valence-electron chi connectivity index (χ2n) is 4.45. The summed E-state index contributed by atoms with van der Waals surface area (Å²) in [5.41, 5.74) is 0.281. The molecular weight excluding hydrogens is 260 g/mol. The molecule has 1 aromatic heterocycles. The number of rotatable bonds is 4. The second-order valence-corrected chi connectivity index (χ2v) is 4.45. The van der Waals surface area contributed by atoms with Crippen LogP contribution in [0.1, 0.15) is 11.1 Å². The van der Waals surface area contributed by atoms with Gasteiger partial charge in [0.25, 0.3) is 0 Å². The van der Waals surface area contributed by atoms with Gasteiger partial charge in [-0.2, -0.15) is 0 Å². The molecule has 0 aliphatic rings. The third kappa shape index (κ3) is 2.65. The van der Waals surface area contributed by atoms with Crippen LogP contribution in [0.2, 0.25) is 0 Å². The fourth-order valence-electron chi connectivity index (χ4n) is 1.95. The number of hydrogen-bond acceptors (Lipinski definition) is 4. The molecule has 20 heavy (non-hydrogen) atoms. The van der Waals surface area contributed by atoms with Gasteiger partial charge in [-0.3, -0.25) is 9.59 Å². The molecule has 1 N–H and O–H groups in total. The average Bonchev–Trinajstić information content (AvgIpc) is 2.47. The highest BCUT2D eigenvalue weighted by Gasteiger charge is 2.08. The Hall–Kier alpha value is -2.34. The smallest absolute Gasteiger partial charge is 0.316 e. The summed E-state index contributed by atoms with van der Waals surface area (Å²) in [6.45, 7) is 0.119. The van der Waals surface area contributed by atoms with E-state index in [1.165, 1.54) is 29.5 Å². The van der Waals surface area contributed by atoms with Crippen molar-refractivity contribution in [3.8, 4) is 5.75 Å². The molecular formula is C14H16N2O4. The van der Waals surface area contributed by atoms with Crippen molar-refractivity contribution in [2.75, 3.05) is 7.11 Å². The van der Waals surface area contributed by atoms with Crippen molar-refractivity contribution in [2.45, 2.75) is 13.2 Å². The van der Waals surface area contributed by atoms with Crippen molar-refractivity contribution in [3.05, 3.63) is 62.4 Å². The van der Waals surface area contributed by atoms with Gasteiger partial charge < -0.3 is 19.0 Å². The lowest BCUT2D eigenvalue weighted by Crippen LogP contribution is -2.39. The zero-order valence-electron chi connectivity index (χ0n) is 11.4. The van der Waals surface area contributed by atoms with Gasteiger partial charge in [-0.15, -0.1) is 0 Å². The number of aliphatic hydroxyl groups excluding tert-OH is 1. The lowest BCUT2D eigenvalue weighted by molar-refractivity contribution is 0.281. The summed E-state index contributed by atoms with van der Waals surface area (Å²) in [4.78, 5) is 23.5. The average molecular weight is 276 g/mol. The predicted octanol–water partition coefficient (Wildman–Crippen LogP) is 0.0962. The normalized spacial score (nSPS) is 10.6. The van der Waals surface area contributed by atoms with E-state index in [0.717, 1.165) is 11.1 Å². The van der Waals surface area contributed by atoms with Crippen molar-refractivity contribution in [3.63, 3.8) is 0 Å². The molecule has 1 heterocycles. The molecule has 0 bridgehead atoms. The molecule has 0 aliphatic carbocycles. The van der Waals surface area contributed by atoms with Crippen LogP contribution in [0.4, 0.5) is 0 Å². The van der Waals surface area contributed by atoms with Gasteiger partial charge in [0.1, 0.15) is 5.75 Å². The first kappa shape index (κ1) is 14.1. The maximum atomic E-state index is 11.9. The fraction of sp³-hybridized carbons (Fsp3) is 0.286. The number of aryl methyl sites for hydroxylation is 1. The molecule has 0 saturated heterocycles. The summed E-state index contributed by atoms with van der Waals surface area (Å²) in [6, 6.07) is 5.23. The first-order chi connectivity index (χ1) is 9.56. The summed E-state index contributed by atoms with van der Waals surface area (Å²) in [5, 5.41) is 9.16. The highest BCUT2D eigenvalue weighted by Crippen LogP contribution is 2.20. The third-order valence-electron chi connectivity index (χ3n) is 3.10. The topological polar surface area (TPSA) is 73.5 Å². The zero-order chi connectivity index (χ0) is 14.7. The van der Waals surface area contributed by atoms with E-state index in [0.29, 0.717) is 5.75 Å². The predicted molar refractivity (Wildman–Crippen MR) is 74.0 cm³/mol. The summed E-state index contributed by atoms with van der Waals surface area (Å²) >= 11 is 0. The van der Waals surface area contributed by atoms with Crippen LogP contribution in [-0.4, -0.2) is 21.4 Å². The van der Waals surface area contributed by atoms with E-state index in [9.17, 15) is 9.59 Å². The van der Waals surface area contributed by atoms with Crippen molar-refractivity contribution in [2.24, 2.45) is 7.05 Å². The fourth-order valence-corrected chi connectivity index (χ4v) is 1.95. The number of methoxy groups -OCH3 is 1. The van der Waals surface area contributed by atoms with Crippen LogP contribution in [0.15, 0.2) is 40.2 Å². The van der Waals surface area contributed by atoms with E-state index >= 15 is 0 Å². The molecule has 0 amide bonds. The Morgan fingerprint density at radius 2 is 1.95 bits per heavy atom. The number of benzene rings is 1. The number of ether oxygens (including phenoxy) is 1. The van der Waals surface area contributed by atoms with E-state index in [2.05, 4.69) is 0 Å². The van der Waals surface area contributed by atoms with Gasteiger partial charge in [-0.05, 0) is 17.7 Å². The third-order valence-corrected chi connectivity index (χ3v) is 3.10. The minimum Gasteiger partial charge on any atom is -0.496 e.